The standard InChI is InChI=1S/C24H26N2O5/c1-29-19-12-10-17(11-13-19)16-26(24(28)21-9-5-15-31-21)22(20-8-4-14-30-20)23(27)25-18-6-2-3-7-18/h4-5,8-15,18,22H,2-3,6-7,16H2,1H3,(H,25,27). The van der Waals surface area contributed by atoms with Crippen molar-refractivity contribution in [2.45, 2.75) is 44.3 Å². The van der Waals surface area contributed by atoms with Gasteiger partial charge in [-0.05, 0) is 54.8 Å². The number of rotatable bonds is 8. The molecule has 0 bridgehead atoms. The quantitative estimate of drug-likeness (QED) is 0.584. The van der Waals surface area contributed by atoms with Crippen molar-refractivity contribution in [3.63, 3.8) is 0 Å². The van der Waals surface area contributed by atoms with Crippen LogP contribution in [-0.2, 0) is 11.3 Å². The first-order valence-electron chi connectivity index (χ1n) is 10.5. The van der Waals surface area contributed by atoms with Gasteiger partial charge in [0.1, 0.15) is 11.5 Å². The topological polar surface area (TPSA) is 84.9 Å². The predicted octanol–water partition coefficient (Wildman–Crippen LogP) is 4.32. The van der Waals surface area contributed by atoms with Crippen LogP contribution >= 0.6 is 0 Å². The highest BCUT2D eigenvalue weighted by molar-refractivity contribution is 5.95. The maximum atomic E-state index is 13.4. The Morgan fingerprint density at radius 2 is 1.77 bits per heavy atom. The second kappa shape index (κ2) is 9.55. The van der Waals surface area contributed by atoms with Gasteiger partial charge in [0.25, 0.3) is 11.8 Å². The third-order valence-corrected chi connectivity index (χ3v) is 5.58. The molecule has 31 heavy (non-hydrogen) atoms. The molecule has 0 spiro atoms. The summed E-state index contributed by atoms with van der Waals surface area (Å²) in [6.07, 6.45) is 7.03. The lowest BCUT2D eigenvalue weighted by Gasteiger charge is -2.30. The van der Waals surface area contributed by atoms with E-state index in [1.54, 1.807) is 31.4 Å². The number of hydrogen-bond acceptors (Lipinski definition) is 5. The molecule has 2 heterocycles. The number of nitrogens with zero attached hydrogens (tertiary/aromatic N) is 1. The van der Waals surface area contributed by atoms with Gasteiger partial charge in [0.15, 0.2) is 11.8 Å². The summed E-state index contributed by atoms with van der Waals surface area (Å²) in [5.74, 6) is 0.649. The van der Waals surface area contributed by atoms with Gasteiger partial charge in [-0.1, -0.05) is 25.0 Å². The molecule has 7 heteroatoms. The lowest BCUT2D eigenvalue weighted by molar-refractivity contribution is -0.127. The fourth-order valence-electron chi connectivity index (χ4n) is 3.97. The number of nitrogens with one attached hydrogen (secondary N) is 1. The first-order chi connectivity index (χ1) is 15.2. The van der Waals surface area contributed by atoms with Gasteiger partial charge in [-0.3, -0.25) is 9.59 Å². The number of furan rings is 2. The van der Waals surface area contributed by atoms with Crippen molar-refractivity contribution in [2.24, 2.45) is 0 Å². The second-order valence-electron chi connectivity index (χ2n) is 7.67. The molecule has 162 valence electrons. The summed E-state index contributed by atoms with van der Waals surface area (Å²) in [6, 6.07) is 13.3. The average Bonchev–Trinajstić information content (AvgIpc) is 3.57. The van der Waals surface area contributed by atoms with Crippen molar-refractivity contribution in [1.82, 2.24) is 10.2 Å². The van der Waals surface area contributed by atoms with Crippen LogP contribution in [0.15, 0.2) is 69.9 Å². The van der Waals surface area contributed by atoms with Gasteiger partial charge in [-0.2, -0.15) is 0 Å². The molecule has 1 aliphatic carbocycles. The third kappa shape index (κ3) is 4.82. The maximum Gasteiger partial charge on any atom is 0.290 e. The van der Waals surface area contributed by atoms with Gasteiger partial charge < -0.3 is 23.8 Å². The Bertz CT molecular complexity index is 974. The lowest BCUT2D eigenvalue weighted by atomic mass is 10.1. The zero-order valence-corrected chi connectivity index (χ0v) is 17.5. The second-order valence-corrected chi connectivity index (χ2v) is 7.67. The van der Waals surface area contributed by atoms with Crippen molar-refractivity contribution in [3.05, 3.63) is 78.1 Å². The minimum absolute atomic E-state index is 0.117. The molecule has 1 unspecified atom stereocenters. The Balaban J connectivity index is 1.67. The van der Waals surface area contributed by atoms with Crippen LogP contribution in [-0.4, -0.2) is 29.9 Å². The van der Waals surface area contributed by atoms with Crippen LogP contribution in [0, 0.1) is 0 Å². The Morgan fingerprint density at radius 3 is 2.39 bits per heavy atom. The molecule has 2 aromatic heterocycles. The van der Waals surface area contributed by atoms with Crippen LogP contribution in [0.1, 0.15) is 53.6 Å². The molecule has 1 N–H and O–H groups in total. The molecule has 0 saturated heterocycles. The van der Waals surface area contributed by atoms with E-state index < -0.39 is 6.04 Å². The van der Waals surface area contributed by atoms with E-state index in [2.05, 4.69) is 5.32 Å². The molecular weight excluding hydrogens is 396 g/mol. The van der Waals surface area contributed by atoms with Crippen molar-refractivity contribution in [3.8, 4) is 5.75 Å². The fraction of sp³-hybridized carbons (Fsp3) is 0.333. The minimum Gasteiger partial charge on any atom is -0.497 e. The molecule has 0 aliphatic heterocycles. The smallest absolute Gasteiger partial charge is 0.290 e. The molecule has 2 amide bonds. The van der Waals surface area contributed by atoms with Gasteiger partial charge in [-0.25, -0.2) is 0 Å². The zero-order chi connectivity index (χ0) is 21.6. The van der Waals surface area contributed by atoms with Crippen molar-refractivity contribution in [1.29, 1.82) is 0 Å². The number of amides is 2. The minimum atomic E-state index is -0.921. The molecule has 1 saturated carbocycles. The Hall–Kier alpha value is -3.48. The van der Waals surface area contributed by atoms with Crippen molar-refractivity contribution in [2.75, 3.05) is 7.11 Å². The number of methoxy groups -OCH3 is 1. The van der Waals surface area contributed by atoms with Crippen molar-refractivity contribution < 1.29 is 23.2 Å². The van der Waals surface area contributed by atoms with Gasteiger partial charge in [0, 0.05) is 12.6 Å². The molecule has 1 aliphatic rings. The maximum absolute atomic E-state index is 13.4. The highest BCUT2D eigenvalue weighted by atomic mass is 16.5. The monoisotopic (exact) mass is 422 g/mol. The van der Waals surface area contributed by atoms with Gasteiger partial charge in [0.05, 0.1) is 19.6 Å². The Labute approximate surface area is 181 Å². The highest BCUT2D eigenvalue weighted by Crippen LogP contribution is 2.28. The Morgan fingerprint density at radius 1 is 1.06 bits per heavy atom. The first-order valence-corrected chi connectivity index (χ1v) is 10.5. The number of carbonyl (C=O) groups excluding carboxylic acids is 2. The molecule has 0 radical (unpaired) electrons. The fourth-order valence-corrected chi connectivity index (χ4v) is 3.97. The normalized spacial score (nSPS) is 14.9. The summed E-state index contributed by atoms with van der Waals surface area (Å²) in [4.78, 5) is 28.3. The summed E-state index contributed by atoms with van der Waals surface area (Å²) in [5.41, 5.74) is 0.853. The van der Waals surface area contributed by atoms with E-state index in [0.717, 1.165) is 31.2 Å². The molecular formula is C24H26N2O5. The van der Waals surface area contributed by atoms with Crippen LogP contribution in [0.3, 0.4) is 0 Å². The SMILES string of the molecule is COc1ccc(CN(C(=O)c2ccco2)C(C(=O)NC2CCCC2)c2ccco2)cc1. The van der Waals surface area contributed by atoms with E-state index in [0.29, 0.717) is 11.5 Å². The van der Waals surface area contributed by atoms with Crippen LogP contribution in [0.2, 0.25) is 0 Å². The van der Waals surface area contributed by atoms with E-state index in [9.17, 15) is 9.59 Å². The highest BCUT2D eigenvalue weighted by Gasteiger charge is 2.36. The molecule has 3 aromatic rings. The van der Waals surface area contributed by atoms with E-state index in [4.69, 9.17) is 13.6 Å². The molecule has 7 nitrogen and oxygen atoms in total. The summed E-state index contributed by atoms with van der Waals surface area (Å²) < 4.78 is 16.2. The summed E-state index contributed by atoms with van der Waals surface area (Å²) >= 11 is 0. The molecule has 1 atom stereocenters. The molecule has 1 fully saturated rings. The molecule has 1 aromatic carbocycles. The summed E-state index contributed by atoms with van der Waals surface area (Å²) in [5, 5.41) is 3.11. The van der Waals surface area contributed by atoms with E-state index in [1.165, 1.54) is 17.4 Å². The van der Waals surface area contributed by atoms with Crippen LogP contribution in [0.25, 0.3) is 0 Å². The number of hydrogen-bond donors (Lipinski definition) is 1. The third-order valence-electron chi connectivity index (χ3n) is 5.58. The predicted molar refractivity (Wildman–Crippen MR) is 113 cm³/mol. The summed E-state index contributed by atoms with van der Waals surface area (Å²) in [7, 11) is 1.60. The van der Waals surface area contributed by atoms with Crippen LogP contribution < -0.4 is 10.1 Å². The zero-order valence-electron chi connectivity index (χ0n) is 17.5. The van der Waals surface area contributed by atoms with Gasteiger partial charge in [-0.15, -0.1) is 0 Å². The van der Waals surface area contributed by atoms with Gasteiger partial charge in [0.2, 0.25) is 0 Å². The van der Waals surface area contributed by atoms with E-state index in [1.807, 2.05) is 24.3 Å². The Kier molecular flexibility index (Phi) is 6.40. The summed E-state index contributed by atoms with van der Waals surface area (Å²) in [6.45, 7) is 0.201. The van der Waals surface area contributed by atoms with Gasteiger partial charge >= 0.3 is 0 Å². The number of benzene rings is 1. The van der Waals surface area contributed by atoms with Crippen LogP contribution in [0.4, 0.5) is 0 Å². The van der Waals surface area contributed by atoms with Crippen molar-refractivity contribution >= 4 is 11.8 Å². The molecule has 4 rings (SSSR count). The van der Waals surface area contributed by atoms with E-state index >= 15 is 0 Å². The number of ether oxygens (including phenoxy) is 1. The largest absolute Gasteiger partial charge is 0.497 e. The lowest BCUT2D eigenvalue weighted by Crippen LogP contribution is -2.45. The van der Waals surface area contributed by atoms with Crippen LogP contribution in [0.5, 0.6) is 5.75 Å². The first kappa shape index (κ1) is 20.8. The average molecular weight is 422 g/mol. The number of carbonyl (C=O) groups is 2. The van der Waals surface area contributed by atoms with E-state index in [-0.39, 0.29) is 30.2 Å².